The van der Waals surface area contributed by atoms with Gasteiger partial charge in [0, 0.05) is 12.1 Å². The Morgan fingerprint density at radius 1 is 0.609 bits per heavy atom. The Morgan fingerprint density at radius 3 is 1.52 bits per heavy atom. The maximum absolute atomic E-state index is 9.10. The standard InChI is InChI=1S/C15H28N2.C2H2O4/c1-4-10-16(11-5-1)15-8-12-17(13-9-15)14-6-2-3-7-14;3-1(4)2(5)6/h14-15H,1-13H2;(H,3,4)(H,5,6). The maximum Gasteiger partial charge on any atom is 0.414 e. The van der Waals surface area contributed by atoms with E-state index in [1.165, 1.54) is 84.0 Å². The van der Waals surface area contributed by atoms with Crippen LogP contribution in [-0.4, -0.2) is 70.2 Å². The van der Waals surface area contributed by atoms with Gasteiger partial charge < -0.3 is 20.0 Å². The molecular weight excluding hydrogens is 296 g/mol. The average Bonchev–Trinajstić information content (AvgIpc) is 3.11. The number of carbonyl (C=O) groups is 2. The number of rotatable bonds is 2. The van der Waals surface area contributed by atoms with Crippen LogP contribution in [0, 0.1) is 0 Å². The van der Waals surface area contributed by atoms with Crippen LogP contribution in [0.1, 0.15) is 57.8 Å². The van der Waals surface area contributed by atoms with E-state index >= 15 is 0 Å². The van der Waals surface area contributed by atoms with Crippen molar-refractivity contribution in [3.8, 4) is 0 Å². The highest BCUT2D eigenvalue weighted by atomic mass is 16.4. The molecule has 132 valence electrons. The number of likely N-dealkylation sites (tertiary alicyclic amines) is 2. The van der Waals surface area contributed by atoms with E-state index in [9.17, 15) is 0 Å². The number of aliphatic carboxylic acids is 2. The summed E-state index contributed by atoms with van der Waals surface area (Å²) >= 11 is 0. The molecular formula is C17H30N2O4. The van der Waals surface area contributed by atoms with Crippen LogP contribution >= 0.6 is 0 Å². The summed E-state index contributed by atoms with van der Waals surface area (Å²) in [5, 5.41) is 14.8. The number of nitrogens with zero attached hydrogens (tertiary/aromatic N) is 2. The minimum Gasteiger partial charge on any atom is -0.473 e. The lowest BCUT2D eigenvalue weighted by Gasteiger charge is -2.42. The third-order valence-electron chi connectivity index (χ3n) is 5.43. The smallest absolute Gasteiger partial charge is 0.414 e. The van der Waals surface area contributed by atoms with Crippen molar-refractivity contribution in [2.24, 2.45) is 0 Å². The normalized spacial score (nSPS) is 24.9. The molecule has 2 N–H and O–H groups in total. The molecule has 3 rings (SSSR count). The van der Waals surface area contributed by atoms with Gasteiger partial charge >= 0.3 is 11.9 Å². The van der Waals surface area contributed by atoms with E-state index in [0.29, 0.717) is 0 Å². The van der Waals surface area contributed by atoms with Crippen LogP contribution in [0.5, 0.6) is 0 Å². The topological polar surface area (TPSA) is 81.1 Å². The van der Waals surface area contributed by atoms with E-state index in [1.54, 1.807) is 0 Å². The molecule has 0 bridgehead atoms. The molecule has 1 saturated carbocycles. The van der Waals surface area contributed by atoms with Gasteiger partial charge in [0.2, 0.25) is 0 Å². The summed E-state index contributed by atoms with van der Waals surface area (Å²) in [5.74, 6) is -3.65. The number of hydrogen-bond donors (Lipinski definition) is 2. The second kappa shape index (κ2) is 9.23. The average molecular weight is 326 g/mol. The van der Waals surface area contributed by atoms with Crippen molar-refractivity contribution in [2.45, 2.75) is 69.9 Å². The Labute approximate surface area is 138 Å². The van der Waals surface area contributed by atoms with E-state index in [1.807, 2.05) is 0 Å². The maximum atomic E-state index is 9.10. The second-order valence-corrected chi connectivity index (χ2v) is 6.91. The van der Waals surface area contributed by atoms with Crippen molar-refractivity contribution in [2.75, 3.05) is 26.2 Å². The summed E-state index contributed by atoms with van der Waals surface area (Å²) in [4.78, 5) is 23.8. The molecule has 0 radical (unpaired) electrons. The van der Waals surface area contributed by atoms with Crippen molar-refractivity contribution in [3.05, 3.63) is 0 Å². The molecule has 2 aliphatic heterocycles. The van der Waals surface area contributed by atoms with Gasteiger partial charge in [-0.25, -0.2) is 9.59 Å². The summed E-state index contributed by atoms with van der Waals surface area (Å²) in [6.45, 7) is 5.53. The number of hydrogen-bond acceptors (Lipinski definition) is 4. The first kappa shape index (κ1) is 18.2. The molecule has 0 unspecified atom stereocenters. The van der Waals surface area contributed by atoms with E-state index in [0.717, 1.165) is 12.1 Å². The molecule has 6 heteroatoms. The minimum absolute atomic E-state index is 0.924. The molecule has 6 nitrogen and oxygen atoms in total. The van der Waals surface area contributed by atoms with Gasteiger partial charge in [-0.05, 0) is 64.7 Å². The molecule has 0 aromatic rings. The van der Waals surface area contributed by atoms with Crippen molar-refractivity contribution in [3.63, 3.8) is 0 Å². The van der Waals surface area contributed by atoms with E-state index in [2.05, 4.69) is 9.80 Å². The summed E-state index contributed by atoms with van der Waals surface area (Å²) in [6, 6.07) is 1.88. The highest BCUT2D eigenvalue weighted by Gasteiger charge is 2.29. The molecule has 1 aliphatic carbocycles. The van der Waals surface area contributed by atoms with Gasteiger partial charge in [0.1, 0.15) is 0 Å². The summed E-state index contributed by atoms with van der Waals surface area (Å²) < 4.78 is 0. The van der Waals surface area contributed by atoms with Crippen molar-refractivity contribution >= 4 is 11.9 Å². The van der Waals surface area contributed by atoms with Crippen LogP contribution in [0.4, 0.5) is 0 Å². The zero-order chi connectivity index (χ0) is 16.7. The molecule has 0 aromatic carbocycles. The predicted molar refractivity (Wildman–Crippen MR) is 87.5 cm³/mol. The first-order chi connectivity index (χ1) is 11.1. The molecule has 0 atom stereocenters. The quantitative estimate of drug-likeness (QED) is 0.756. The first-order valence-corrected chi connectivity index (χ1v) is 9.02. The largest absolute Gasteiger partial charge is 0.473 e. The highest BCUT2D eigenvalue weighted by molar-refractivity contribution is 6.27. The first-order valence-electron chi connectivity index (χ1n) is 9.02. The lowest BCUT2D eigenvalue weighted by Crippen LogP contribution is -2.48. The summed E-state index contributed by atoms with van der Waals surface area (Å²) in [6.07, 6.45) is 13.2. The predicted octanol–water partition coefficient (Wildman–Crippen LogP) is 2.03. The number of piperidine rings is 2. The Bertz CT molecular complexity index is 370. The SMILES string of the molecule is C1CCN(C2CCN(C3CCCC3)CC2)CC1.O=C(O)C(=O)O. The van der Waals surface area contributed by atoms with Gasteiger partial charge in [0.05, 0.1) is 0 Å². The van der Waals surface area contributed by atoms with Gasteiger partial charge in [-0.1, -0.05) is 19.3 Å². The third kappa shape index (κ3) is 5.77. The minimum atomic E-state index is -1.82. The molecule has 2 heterocycles. The fraction of sp³-hybridized carbons (Fsp3) is 0.882. The highest BCUT2D eigenvalue weighted by Crippen LogP contribution is 2.28. The lowest BCUT2D eigenvalue weighted by molar-refractivity contribution is -0.159. The fourth-order valence-corrected chi connectivity index (χ4v) is 4.17. The van der Waals surface area contributed by atoms with Crippen LogP contribution in [0.2, 0.25) is 0 Å². The lowest BCUT2D eigenvalue weighted by atomic mass is 9.98. The number of carboxylic acids is 2. The van der Waals surface area contributed by atoms with Crippen LogP contribution in [0.3, 0.4) is 0 Å². The van der Waals surface area contributed by atoms with Crippen LogP contribution in [0.15, 0.2) is 0 Å². The summed E-state index contributed by atoms with van der Waals surface area (Å²) in [7, 11) is 0. The zero-order valence-corrected chi connectivity index (χ0v) is 14.0. The molecule has 0 aromatic heterocycles. The summed E-state index contributed by atoms with van der Waals surface area (Å²) in [5.41, 5.74) is 0. The Kier molecular flexibility index (Phi) is 7.30. The van der Waals surface area contributed by atoms with Crippen LogP contribution in [0.25, 0.3) is 0 Å². The monoisotopic (exact) mass is 326 g/mol. The van der Waals surface area contributed by atoms with E-state index in [4.69, 9.17) is 19.8 Å². The molecule has 2 saturated heterocycles. The molecule has 23 heavy (non-hydrogen) atoms. The van der Waals surface area contributed by atoms with Gasteiger partial charge in [-0.2, -0.15) is 0 Å². The molecule has 3 aliphatic rings. The van der Waals surface area contributed by atoms with Gasteiger partial charge in [-0.3, -0.25) is 0 Å². The fourth-order valence-electron chi connectivity index (χ4n) is 4.17. The van der Waals surface area contributed by atoms with Gasteiger partial charge in [-0.15, -0.1) is 0 Å². The Balaban J connectivity index is 0.000000277. The van der Waals surface area contributed by atoms with Crippen LogP contribution in [-0.2, 0) is 9.59 Å². The van der Waals surface area contributed by atoms with E-state index < -0.39 is 11.9 Å². The van der Waals surface area contributed by atoms with Crippen molar-refractivity contribution in [1.82, 2.24) is 9.80 Å². The van der Waals surface area contributed by atoms with Crippen LogP contribution < -0.4 is 0 Å². The molecule has 0 spiro atoms. The van der Waals surface area contributed by atoms with E-state index in [-0.39, 0.29) is 0 Å². The number of carboxylic acid groups (broad SMARTS) is 2. The molecule has 0 amide bonds. The Morgan fingerprint density at radius 2 is 1.04 bits per heavy atom. The Hall–Kier alpha value is -1.14. The third-order valence-corrected chi connectivity index (χ3v) is 5.43. The molecule has 3 fully saturated rings. The van der Waals surface area contributed by atoms with Crippen molar-refractivity contribution in [1.29, 1.82) is 0 Å². The van der Waals surface area contributed by atoms with Crippen molar-refractivity contribution < 1.29 is 19.8 Å². The second-order valence-electron chi connectivity index (χ2n) is 6.91. The van der Waals surface area contributed by atoms with Gasteiger partial charge in [0.15, 0.2) is 0 Å². The van der Waals surface area contributed by atoms with Gasteiger partial charge in [0.25, 0.3) is 0 Å². The zero-order valence-electron chi connectivity index (χ0n) is 14.0.